The van der Waals surface area contributed by atoms with Crippen molar-refractivity contribution >= 4 is 23.4 Å². The minimum atomic E-state index is -0.573. The highest BCUT2D eigenvalue weighted by Gasteiger charge is 2.42. The number of hydrogen-bond acceptors (Lipinski definition) is 3. The Kier molecular flexibility index (Phi) is 7.58. The number of rotatable bonds is 7. The number of carbonyl (C=O) groups is 2. The van der Waals surface area contributed by atoms with Crippen LogP contribution in [0, 0.1) is 24.6 Å². The number of halogens is 2. The Hall–Kier alpha value is -3.22. The van der Waals surface area contributed by atoms with Crippen molar-refractivity contribution in [2.24, 2.45) is 11.8 Å². The lowest BCUT2D eigenvalue weighted by atomic mass is 10.0. The van der Waals surface area contributed by atoms with Crippen LogP contribution in [0.1, 0.15) is 44.3 Å². The highest BCUT2D eigenvalue weighted by Crippen LogP contribution is 2.33. The Morgan fingerprint density at radius 3 is 2.35 bits per heavy atom. The van der Waals surface area contributed by atoms with Crippen molar-refractivity contribution in [1.29, 1.82) is 0 Å². The monoisotopic (exact) mass is 519 g/mol. The van der Waals surface area contributed by atoms with Crippen molar-refractivity contribution in [3.8, 4) is 0 Å². The molecule has 2 amide bonds. The van der Waals surface area contributed by atoms with Crippen molar-refractivity contribution in [2.75, 3.05) is 32.7 Å². The molecule has 0 bridgehead atoms. The fourth-order valence-electron chi connectivity index (χ4n) is 5.65. The molecule has 3 atom stereocenters. The van der Waals surface area contributed by atoms with E-state index in [4.69, 9.17) is 11.6 Å². The summed E-state index contributed by atoms with van der Waals surface area (Å²) in [6.07, 6.45) is 0.786. The Morgan fingerprint density at radius 2 is 1.68 bits per heavy atom. The maximum atomic E-state index is 14.3. The molecule has 3 aromatic rings. The molecule has 0 saturated carbocycles. The summed E-state index contributed by atoms with van der Waals surface area (Å²) in [6.45, 7) is 5.80. The molecule has 0 aromatic heterocycles. The lowest BCUT2D eigenvalue weighted by Gasteiger charge is -2.25. The minimum absolute atomic E-state index is 0.0314. The third-order valence-corrected chi connectivity index (χ3v) is 7.86. The molecule has 1 N–H and O–H groups in total. The van der Waals surface area contributed by atoms with Gasteiger partial charge in [0.1, 0.15) is 5.82 Å². The molecule has 3 aromatic carbocycles. The SMILES string of the molecule is Cc1cccc(C(=O)NC(CCN2CC3CN(C(=O)c4c(F)cccc4Cl)CC3C2)c2ccccc2)c1. The van der Waals surface area contributed by atoms with Gasteiger partial charge < -0.3 is 15.1 Å². The van der Waals surface area contributed by atoms with Gasteiger partial charge in [-0.25, -0.2) is 4.39 Å². The highest BCUT2D eigenvalue weighted by molar-refractivity contribution is 6.33. The molecule has 2 heterocycles. The summed E-state index contributed by atoms with van der Waals surface area (Å²) >= 11 is 6.13. The molecule has 2 fully saturated rings. The molecular formula is C30H31ClFN3O2. The maximum Gasteiger partial charge on any atom is 0.258 e. The van der Waals surface area contributed by atoms with Gasteiger partial charge in [0.15, 0.2) is 0 Å². The first-order valence-corrected chi connectivity index (χ1v) is 13.1. The zero-order chi connectivity index (χ0) is 25.9. The molecular weight excluding hydrogens is 489 g/mol. The standard InChI is InChI=1S/C30H31ClFN3O2/c1-20-7-5-10-22(15-20)29(36)33-27(21-8-3-2-4-9-21)13-14-34-16-23-18-35(19-24(23)17-34)30(37)28-25(31)11-6-12-26(28)32/h2-12,15,23-24,27H,13-14,16-19H2,1H3,(H,33,36). The third kappa shape index (κ3) is 5.71. The molecule has 2 aliphatic heterocycles. The second kappa shape index (κ2) is 11.0. The number of hydrogen-bond donors (Lipinski definition) is 1. The molecule has 5 nitrogen and oxygen atoms in total. The number of likely N-dealkylation sites (tertiary alicyclic amines) is 2. The normalized spacial score (nSPS) is 20.0. The summed E-state index contributed by atoms with van der Waals surface area (Å²) in [4.78, 5) is 30.1. The van der Waals surface area contributed by atoms with E-state index in [1.54, 1.807) is 11.0 Å². The predicted octanol–water partition coefficient (Wildman–Crippen LogP) is 5.35. The third-order valence-electron chi connectivity index (χ3n) is 7.55. The predicted molar refractivity (Wildman–Crippen MR) is 143 cm³/mol. The zero-order valence-electron chi connectivity index (χ0n) is 20.9. The van der Waals surface area contributed by atoms with Gasteiger partial charge >= 0.3 is 0 Å². The van der Waals surface area contributed by atoms with Gasteiger partial charge in [0.05, 0.1) is 16.6 Å². The molecule has 0 aliphatic carbocycles. The molecule has 7 heteroatoms. The average Bonchev–Trinajstić information content (AvgIpc) is 3.46. The molecule has 2 aliphatic rings. The summed E-state index contributed by atoms with van der Waals surface area (Å²) in [5.74, 6) is -0.266. The Morgan fingerprint density at radius 1 is 0.973 bits per heavy atom. The van der Waals surface area contributed by atoms with Crippen LogP contribution in [0.4, 0.5) is 4.39 Å². The molecule has 5 rings (SSSR count). The van der Waals surface area contributed by atoms with Crippen LogP contribution >= 0.6 is 11.6 Å². The number of fused-ring (bicyclic) bond motifs is 1. The van der Waals surface area contributed by atoms with E-state index in [2.05, 4.69) is 22.3 Å². The number of nitrogens with zero attached hydrogens (tertiary/aromatic N) is 2. The minimum Gasteiger partial charge on any atom is -0.345 e. The smallest absolute Gasteiger partial charge is 0.258 e. The van der Waals surface area contributed by atoms with Gasteiger partial charge in [-0.2, -0.15) is 0 Å². The van der Waals surface area contributed by atoms with Crippen LogP contribution in [0.3, 0.4) is 0 Å². The van der Waals surface area contributed by atoms with Crippen LogP contribution in [0.2, 0.25) is 5.02 Å². The fourth-order valence-corrected chi connectivity index (χ4v) is 5.89. The number of carbonyl (C=O) groups excluding carboxylic acids is 2. The van der Waals surface area contributed by atoms with Gasteiger partial charge in [0.25, 0.3) is 11.8 Å². The van der Waals surface area contributed by atoms with E-state index in [9.17, 15) is 14.0 Å². The maximum absolute atomic E-state index is 14.3. The largest absolute Gasteiger partial charge is 0.345 e. The fraction of sp³-hybridized carbons (Fsp3) is 0.333. The second-order valence-corrected chi connectivity index (χ2v) is 10.6. The molecule has 0 radical (unpaired) electrons. The van der Waals surface area contributed by atoms with Crippen LogP contribution < -0.4 is 5.32 Å². The van der Waals surface area contributed by atoms with E-state index in [0.29, 0.717) is 30.5 Å². The van der Waals surface area contributed by atoms with E-state index < -0.39 is 5.82 Å². The van der Waals surface area contributed by atoms with Gasteiger partial charge in [-0.1, -0.05) is 65.7 Å². The van der Waals surface area contributed by atoms with Gasteiger partial charge in [-0.05, 0) is 55.0 Å². The van der Waals surface area contributed by atoms with Crippen LogP contribution in [0.15, 0.2) is 72.8 Å². The van der Waals surface area contributed by atoms with Crippen LogP contribution in [0.5, 0.6) is 0 Å². The molecule has 37 heavy (non-hydrogen) atoms. The molecule has 192 valence electrons. The van der Waals surface area contributed by atoms with Crippen molar-refractivity contribution in [2.45, 2.75) is 19.4 Å². The number of aryl methyl sites for hydroxylation is 1. The van der Waals surface area contributed by atoms with E-state index in [-0.39, 0.29) is 28.4 Å². The summed E-state index contributed by atoms with van der Waals surface area (Å²) < 4.78 is 14.3. The topological polar surface area (TPSA) is 52.7 Å². The summed E-state index contributed by atoms with van der Waals surface area (Å²) in [6, 6.07) is 21.9. The Balaban J connectivity index is 1.19. The highest BCUT2D eigenvalue weighted by atomic mass is 35.5. The summed E-state index contributed by atoms with van der Waals surface area (Å²) in [5.41, 5.74) is 2.77. The van der Waals surface area contributed by atoms with Gasteiger partial charge in [0, 0.05) is 38.3 Å². The quantitative estimate of drug-likeness (QED) is 0.457. The van der Waals surface area contributed by atoms with E-state index in [1.807, 2.05) is 49.4 Å². The van der Waals surface area contributed by atoms with E-state index in [0.717, 1.165) is 37.2 Å². The lowest BCUT2D eigenvalue weighted by molar-refractivity contribution is 0.0769. The van der Waals surface area contributed by atoms with Crippen molar-refractivity contribution < 1.29 is 14.0 Å². The van der Waals surface area contributed by atoms with Crippen LogP contribution in [0.25, 0.3) is 0 Å². The van der Waals surface area contributed by atoms with Gasteiger partial charge in [0.2, 0.25) is 0 Å². The first-order chi connectivity index (χ1) is 17.9. The van der Waals surface area contributed by atoms with Crippen LogP contribution in [-0.2, 0) is 0 Å². The zero-order valence-corrected chi connectivity index (χ0v) is 21.6. The van der Waals surface area contributed by atoms with E-state index >= 15 is 0 Å². The second-order valence-electron chi connectivity index (χ2n) is 10.2. The average molecular weight is 520 g/mol. The molecule has 3 unspecified atom stereocenters. The lowest BCUT2D eigenvalue weighted by Crippen LogP contribution is -2.35. The number of benzene rings is 3. The van der Waals surface area contributed by atoms with Crippen molar-refractivity contribution in [3.63, 3.8) is 0 Å². The Bertz CT molecular complexity index is 1250. The Labute approximate surface area is 222 Å². The first-order valence-electron chi connectivity index (χ1n) is 12.8. The van der Waals surface area contributed by atoms with Gasteiger partial charge in [-0.15, -0.1) is 0 Å². The van der Waals surface area contributed by atoms with Crippen molar-refractivity contribution in [1.82, 2.24) is 15.1 Å². The van der Waals surface area contributed by atoms with E-state index in [1.165, 1.54) is 12.1 Å². The molecule has 0 spiro atoms. The summed E-state index contributed by atoms with van der Waals surface area (Å²) in [5, 5.41) is 3.39. The summed E-state index contributed by atoms with van der Waals surface area (Å²) in [7, 11) is 0. The van der Waals surface area contributed by atoms with Crippen LogP contribution in [-0.4, -0.2) is 54.3 Å². The first kappa shape index (κ1) is 25.4. The number of amides is 2. The molecule has 2 saturated heterocycles. The van der Waals surface area contributed by atoms with Crippen molar-refractivity contribution in [3.05, 3.63) is 106 Å². The van der Waals surface area contributed by atoms with Gasteiger partial charge in [-0.3, -0.25) is 9.59 Å². The number of nitrogens with one attached hydrogen (secondary N) is 1.